The number of hydrogen-bond donors (Lipinski definition) is 2. The van der Waals surface area contributed by atoms with Crippen LogP contribution in [0, 0.1) is 5.82 Å². The second-order valence-electron chi connectivity index (χ2n) is 4.78. The maximum Gasteiger partial charge on any atom is 0.327 e. The summed E-state index contributed by atoms with van der Waals surface area (Å²) < 4.78 is 13.1. The molecule has 1 fully saturated rings. The van der Waals surface area contributed by atoms with E-state index in [0.29, 0.717) is 11.4 Å². The molecule has 0 saturated carbocycles. The number of aliphatic carboxylic acids is 1. The summed E-state index contributed by atoms with van der Waals surface area (Å²) in [5.74, 6) is -1.10. The molecule has 2 amide bonds. The van der Waals surface area contributed by atoms with Gasteiger partial charge in [-0.05, 0) is 24.6 Å². The zero-order valence-corrected chi connectivity index (χ0v) is 12.4. The van der Waals surface area contributed by atoms with Crippen LogP contribution in [0.3, 0.4) is 0 Å². The van der Waals surface area contributed by atoms with Crippen molar-refractivity contribution in [1.82, 2.24) is 4.90 Å². The van der Waals surface area contributed by atoms with Crippen molar-refractivity contribution < 1.29 is 19.1 Å². The number of carboxylic acid groups (broad SMARTS) is 1. The second-order valence-corrected chi connectivity index (χ2v) is 5.99. The van der Waals surface area contributed by atoms with Crippen molar-refractivity contribution in [2.24, 2.45) is 0 Å². The Bertz CT molecular complexity index is 541. The number of nitrogens with zero attached hydrogens (tertiary/aromatic N) is 1. The number of thioether (sulfide) groups is 1. The van der Waals surface area contributed by atoms with Crippen LogP contribution in [0.15, 0.2) is 24.3 Å². The summed E-state index contributed by atoms with van der Waals surface area (Å²) in [6.45, 7) is 1.98. The molecular formula is C14H17FN2O3S. The highest BCUT2D eigenvalue weighted by Crippen LogP contribution is 2.32. The number of nitrogens with one attached hydrogen (secondary N) is 1. The van der Waals surface area contributed by atoms with Crippen molar-refractivity contribution in [1.29, 1.82) is 0 Å². The summed E-state index contributed by atoms with van der Waals surface area (Å²) in [7, 11) is 0. The lowest BCUT2D eigenvalue weighted by Gasteiger charge is -2.27. The quantitative estimate of drug-likeness (QED) is 0.897. The number of carbonyl (C=O) groups excluding carboxylic acids is 1. The van der Waals surface area contributed by atoms with E-state index in [1.54, 1.807) is 6.07 Å². The number of halogens is 1. The lowest BCUT2D eigenvalue weighted by molar-refractivity contribution is -0.141. The molecule has 1 aromatic rings. The zero-order valence-electron chi connectivity index (χ0n) is 11.6. The monoisotopic (exact) mass is 312 g/mol. The van der Waals surface area contributed by atoms with Crippen molar-refractivity contribution in [2.75, 3.05) is 11.1 Å². The van der Waals surface area contributed by atoms with Crippen LogP contribution >= 0.6 is 11.8 Å². The van der Waals surface area contributed by atoms with Crippen molar-refractivity contribution in [2.45, 2.75) is 31.2 Å². The first-order valence-electron chi connectivity index (χ1n) is 6.72. The van der Waals surface area contributed by atoms with Gasteiger partial charge in [0.05, 0.1) is 5.37 Å². The molecule has 2 N–H and O–H groups in total. The summed E-state index contributed by atoms with van der Waals surface area (Å²) in [6.07, 6.45) is 1.58. The van der Waals surface area contributed by atoms with Gasteiger partial charge in [-0.25, -0.2) is 14.0 Å². The molecule has 1 aromatic carbocycles. The lowest BCUT2D eigenvalue weighted by atomic mass is 10.2. The smallest absolute Gasteiger partial charge is 0.327 e. The summed E-state index contributed by atoms with van der Waals surface area (Å²) >= 11 is 1.46. The van der Waals surface area contributed by atoms with Crippen LogP contribution in [0.4, 0.5) is 14.9 Å². The summed E-state index contributed by atoms with van der Waals surface area (Å²) in [6, 6.07) is 4.18. The molecule has 1 aliphatic heterocycles. The molecule has 7 heteroatoms. The predicted octanol–water partition coefficient (Wildman–Crippen LogP) is 2.99. The van der Waals surface area contributed by atoms with E-state index in [1.165, 1.54) is 34.9 Å². The Morgan fingerprint density at radius 1 is 1.52 bits per heavy atom. The molecular weight excluding hydrogens is 295 g/mol. The average molecular weight is 312 g/mol. The van der Waals surface area contributed by atoms with Gasteiger partial charge in [0.2, 0.25) is 0 Å². The minimum absolute atomic E-state index is 0.162. The van der Waals surface area contributed by atoms with Crippen molar-refractivity contribution >= 4 is 29.4 Å². The van der Waals surface area contributed by atoms with Crippen LogP contribution in [0.1, 0.15) is 19.8 Å². The number of benzene rings is 1. The fourth-order valence-corrected chi connectivity index (χ4v) is 3.76. The molecule has 0 bridgehead atoms. The van der Waals surface area contributed by atoms with Crippen LogP contribution in [-0.2, 0) is 4.79 Å². The van der Waals surface area contributed by atoms with Crippen molar-refractivity contribution in [3.8, 4) is 0 Å². The fourth-order valence-electron chi connectivity index (χ4n) is 2.25. The van der Waals surface area contributed by atoms with Gasteiger partial charge in [0.25, 0.3) is 0 Å². The Morgan fingerprint density at radius 2 is 2.29 bits per heavy atom. The van der Waals surface area contributed by atoms with Gasteiger partial charge in [-0.2, -0.15) is 0 Å². The highest BCUT2D eigenvalue weighted by molar-refractivity contribution is 8.00. The number of carbonyl (C=O) groups is 2. The topological polar surface area (TPSA) is 69.6 Å². The maximum atomic E-state index is 13.1. The van der Waals surface area contributed by atoms with E-state index in [1.807, 2.05) is 6.92 Å². The molecule has 0 spiro atoms. The van der Waals surface area contributed by atoms with Gasteiger partial charge >= 0.3 is 12.0 Å². The zero-order chi connectivity index (χ0) is 15.4. The lowest BCUT2D eigenvalue weighted by Crippen LogP contribution is -2.47. The largest absolute Gasteiger partial charge is 0.480 e. The Balaban J connectivity index is 2.14. The molecule has 1 heterocycles. The van der Waals surface area contributed by atoms with Crippen LogP contribution in [0.2, 0.25) is 0 Å². The van der Waals surface area contributed by atoms with Gasteiger partial charge in [0.1, 0.15) is 11.9 Å². The van der Waals surface area contributed by atoms with Crippen LogP contribution < -0.4 is 5.32 Å². The highest BCUT2D eigenvalue weighted by Gasteiger charge is 2.41. The molecule has 21 heavy (non-hydrogen) atoms. The Labute approximate surface area is 126 Å². The molecule has 0 radical (unpaired) electrons. The summed E-state index contributed by atoms with van der Waals surface area (Å²) in [5, 5.41) is 11.6. The summed E-state index contributed by atoms with van der Waals surface area (Å²) in [5.41, 5.74) is 0.316. The highest BCUT2D eigenvalue weighted by atomic mass is 32.2. The van der Waals surface area contributed by atoms with Gasteiger partial charge in [-0.15, -0.1) is 11.8 Å². The van der Waals surface area contributed by atoms with Crippen molar-refractivity contribution in [3.63, 3.8) is 0 Å². The van der Waals surface area contributed by atoms with Crippen LogP contribution in [0.25, 0.3) is 0 Å². The molecule has 0 aromatic heterocycles. The third-order valence-corrected chi connectivity index (χ3v) is 4.58. The SMILES string of the molecule is CCCC1SCC(C(=O)O)N1C(=O)Nc1cccc(F)c1. The number of anilines is 1. The van der Waals surface area contributed by atoms with Gasteiger partial charge < -0.3 is 10.4 Å². The van der Waals surface area contributed by atoms with E-state index in [4.69, 9.17) is 0 Å². The standard InChI is InChI=1S/C14H17FN2O3S/c1-2-4-12-17(11(8-21-12)13(18)19)14(20)16-10-6-3-5-9(15)7-10/h3,5-7,11-12H,2,4,8H2,1H3,(H,16,20)(H,18,19). The fraction of sp³-hybridized carbons (Fsp3) is 0.429. The van der Waals surface area contributed by atoms with E-state index in [0.717, 1.165) is 12.8 Å². The number of rotatable bonds is 4. The number of hydrogen-bond acceptors (Lipinski definition) is 3. The van der Waals surface area contributed by atoms with Crippen molar-refractivity contribution in [3.05, 3.63) is 30.1 Å². The number of urea groups is 1. The number of amides is 2. The maximum absolute atomic E-state index is 13.1. The minimum Gasteiger partial charge on any atom is -0.480 e. The molecule has 2 atom stereocenters. The van der Waals surface area contributed by atoms with Crippen LogP contribution in [-0.4, -0.2) is 39.2 Å². The first-order valence-corrected chi connectivity index (χ1v) is 7.77. The van der Waals surface area contributed by atoms with E-state index < -0.39 is 23.9 Å². The predicted molar refractivity (Wildman–Crippen MR) is 79.8 cm³/mol. The van der Waals surface area contributed by atoms with Gasteiger partial charge in [0, 0.05) is 11.4 Å². The minimum atomic E-state index is -1.02. The van der Waals surface area contributed by atoms with E-state index in [-0.39, 0.29) is 5.37 Å². The molecule has 0 aliphatic carbocycles. The van der Waals surface area contributed by atoms with E-state index >= 15 is 0 Å². The first-order chi connectivity index (χ1) is 10.0. The molecule has 114 valence electrons. The average Bonchev–Trinajstić information content (AvgIpc) is 2.83. The Kier molecular flexibility index (Phi) is 5.06. The molecule has 1 saturated heterocycles. The first kappa shape index (κ1) is 15.6. The van der Waals surface area contributed by atoms with Gasteiger partial charge in [-0.3, -0.25) is 4.90 Å². The molecule has 5 nitrogen and oxygen atoms in total. The summed E-state index contributed by atoms with van der Waals surface area (Å²) in [4.78, 5) is 25.0. The normalized spacial score (nSPS) is 21.3. The molecule has 2 unspecified atom stereocenters. The van der Waals surface area contributed by atoms with E-state index in [2.05, 4.69) is 5.32 Å². The number of carboxylic acids is 1. The van der Waals surface area contributed by atoms with Crippen LogP contribution in [0.5, 0.6) is 0 Å². The Morgan fingerprint density at radius 3 is 2.90 bits per heavy atom. The third kappa shape index (κ3) is 3.66. The van der Waals surface area contributed by atoms with Gasteiger partial charge in [0.15, 0.2) is 0 Å². The second kappa shape index (κ2) is 6.80. The Hall–Kier alpha value is -1.76. The third-order valence-electron chi connectivity index (χ3n) is 3.22. The van der Waals surface area contributed by atoms with E-state index in [9.17, 15) is 19.1 Å². The van der Waals surface area contributed by atoms with Gasteiger partial charge in [-0.1, -0.05) is 19.4 Å². The molecule has 1 aliphatic rings. The molecule has 2 rings (SSSR count).